The summed E-state index contributed by atoms with van der Waals surface area (Å²) in [7, 11) is 3.12. The quantitative estimate of drug-likeness (QED) is 0.345. The van der Waals surface area contributed by atoms with Crippen LogP contribution in [0.25, 0.3) is 16.9 Å². The van der Waals surface area contributed by atoms with Crippen molar-refractivity contribution in [3.63, 3.8) is 0 Å². The van der Waals surface area contributed by atoms with Gasteiger partial charge in [-0.2, -0.15) is 0 Å². The van der Waals surface area contributed by atoms with Crippen LogP contribution in [0.5, 0.6) is 5.75 Å². The van der Waals surface area contributed by atoms with E-state index < -0.39 is 58.0 Å². The third-order valence-corrected chi connectivity index (χ3v) is 8.05. The topological polar surface area (TPSA) is 174 Å². The van der Waals surface area contributed by atoms with Crippen LogP contribution in [0.3, 0.4) is 0 Å². The van der Waals surface area contributed by atoms with Gasteiger partial charge in [0.2, 0.25) is 5.78 Å². The standard InChI is InChI=1S/C26H24BrN3O7/c1-30(2)20-15-7-10-6-14-13(11-5-12(27)9-29-8-11)3-4-16(31)18(14)21(32)17(10)23(34)26(15,37)24(35)19(22(20)33)25(28)36/h3-5,8-10,15,20,31-32,35,37H,6-7H2,1-2H3,(H2,28,36)/t10-,15-,20-,26-/m0/s1. The van der Waals surface area contributed by atoms with Crippen LogP contribution in [0.2, 0.25) is 0 Å². The molecule has 5 rings (SSSR count). The number of hydrogen-bond acceptors (Lipinski definition) is 9. The van der Waals surface area contributed by atoms with Crippen LogP contribution in [0.1, 0.15) is 17.5 Å². The van der Waals surface area contributed by atoms with Crippen molar-refractivity contribution in [2.45, 2.75) is 24.5 Å². The minimum Gasteiger partial charge on any atom is -0.508 e. The molecule has 0 aliphatic heterocycles. The van der Waals surface area contributed by atoms with Crippen LogP contribution in [-0.2, 0) is 20.8 Å². The SMILES string of the molecule is CN(C)[C@@H]1C(=O)C(C(N)=O)=C(O)[C@@]2(O)C(=O)C3=C(O)c4c(O)ccc(-c5cncc(Br)c5)c4C[C@H]3C[C@@H]12. The minimum atomic E-state index is -2.66. The number of amides is 1. The molecule has 10 nitrogen and oxygen atoms in total. The van der Waals surface area contributed by atoms with E-state index in [1.54, 1.807) is 32.6 Å². The predicted octanol–water partition coefficient (Wildman–Crippen LogP) is 1.79. The third kappa shape index (κ3) is 3.45. The normalized spacial score (nSPS) is 27.2. The number of aliphatic hydroxyl groups is 3. The highest BCUT2D eigenvalue weighted by Crippen LogP contribution is 2.53. The van der Waals surface area contributed by atoms with Crippen LogP contribution >= 0.6 is 15.9 Å². The molecule has 6 N–H and O–H groups in total. The van der Waals surface area contributed by atoms with Crippen LogP contribution in [-0.4, -0.2) is 73.5 Å². The summed E-state index contributed by atoms with van der Waals surface area (Å²) in [6.07, 6.45) is 3.48. The number of phenolic OH excluding ortho intramolecular Hbond substituents is 1. The van der Waals surface area contributed by atoms with Gasteiger partial charge in [0.25, 0.3) is 5.91 Å². The summed E-state index contributed by atoms with van der Waals surface area (Å²) >= 11 is 3.39. The molecule has 4 atom stereocenters. The summed E-state index contributed by atoms with van der Waals surface area (Å²) in [6.45, 7) is 0. The van der Waals surface area contributed by atoms with Crippen LogP contribution in [0, 0.1) is 11.8 Å². The van der Waals surface area contributed by atoms with E-state index in [4.69, 9.17) is 5.73 Å². The smallest absolute Gasteiger partial charge is 0.255 e. The second-order valence-corrected chi connectivity index (χ2v) is 10.8. The predicted molar refractivity (Wildman–Crippen MR) is 135 cm³/mol. The second kappa shape index (κ2) is 8.51. The van der Waals surface area contributed by atoms with Gasteiger partial charge in [0, 0.05) is 33.9 Å². The zero-order chi connectivity index (χ0) is 27.0. The van der Waals surface area contributed by atoms with Gasteiger partial charge in [0.05, 0.1) is 11.6 Å². The number of ketones is 2. The number of nitrogens with zero attached hydrogens (tertiary/aromatic N) is 2. The highest BCUT2D eigenvalue weighted by molar-refractivity contribution is 9.10. The van der Waals surface area contributed by atoms with Crippen molar-refractivity contribution in [3.8, 4) is 16.9 Å². The first-order valence-corrected chi connectivity index (χ1v) is 12.3. The lowest BCUT2D eigenvalue weighted by Crippen LogP contribution is -2.65. The number of fused-ring (bicyclic) bond motifs is 3. The summed E-state index contributed by atoms with van der Waals surface area (Å²) in [5.41, 5.74) is 3.66. The summed E-state index contributed by atoms with van der Waals surface area (Å²) in [5.74, 6) is -6.78. The van der Waals surface area contributed by atoms with Crippen molar-refractivity contribution in [3.05, 3.63) is 63.1 Å². The number of carbonyl (C=O) groups excluding carboxylic acids is 3. The summed E-state index contributed by atoms with van der Waals surface area (Å²) in [4.78, 5) is 44.7. The molecule has 37 heavy (non-hydrogen) atoms. The zero-order valence-electron chi connectivity index (χ0n) is 19.9. The minimum absolute atomic E-state index is 0.0254. The second-order valence-electron chi connectivity index (χ2n) is 9.84. The lowest BCUT2D eigenvalue weighted by atomic mass is 9.57. The molecule has 3 aliphatic rings. The monoisotopic (exact) mass is 569 g/mol. The average Bonchev–Trinajstić information content (AvgIpc) is 2.81. The van der Waals surface area contributed by atoms with Crippen molar-refractivity contribution in [2.24, 2.45) is 17.6 Å². The number of aliphatic hydroxyl groups excluding tert-OH is 2. The van der Waals surface area contributed by atoms with Crippen molar-refractivity contribution >= 4 is 39.2 Å². The molecular formula is C26H24BrN3O7. The van der Waals surface area contributed by atoms with E-state index in [0.717, 1.165) is 4.47 Å². The van der Waals surface area contributed by atoms with Gasteiger partial charge < -0.3 is 26.2 Å². The van der Waals surface area contributed by atoms with E-state index in [-0.39, 0.29) is 29.7 Å². The average molecular weight is 570 g/mol. The molecule has 192 valence electrons. The van der Waals surface area contributed by atoms with Gasteiger partial charge in [-0.3, -0.25) is 24.3 Å². The van der Waals surface area contributed by atoms with Crippen molar-refractivity contribution in [1.82, 2.24) is 9.88 Å². The Morgan fingerprint density at radius 1 is 1.19 bits per heavy atom. The first-order chi connectivity index (χ1) is 17.4. The summed E-state index contributed by atoms with van der Waals surface area (Å²) in [6, 6.07) is 3.78. The van der Waals surface area contributed by atoms with Gasteiger partial charge in [-0.25, -0.2) is 0 Å². The number of likely N-dealkylation sites (N-methyl/N-ethyl adjacent to an activating group) is 1. The molecule has 0 radical (unpaired) electrons. The maximum absolute atomic E-state index is 13.9. The molecule has 1 aromatic heterocycles. The van der Waals surface area contributed by atoms with Gasteiger partial charge in [0.1, 0.15) is 22.8 Å². The van der Waals surface area contributed by atoms with Crippen LogP contribution in [0.4, 0.5) is 0 Å². The fourth-order valence-corrected chi connectivity index (χ4v) is 6.44. The molecular weight excluding hydrogens is 546 g/mol. The van der Waals surface area contributed by atoms with Gasteiger partial charge in [0.15, 0.2) is 11.4 Å². The number of Topliss-reactive ketones (excluding diaryl/α,β-unsaturated/α-hetero) is 2. The Hall–Kier alpha value is -3.54. The number of benzene rings is 1. The molecule has 0 unspecified atom stereocenters. The molecule has 2 aromatic rings. The molecule has 3 aliphatic carbocycles. The molecule has 1 saturated carbocycles. The number of pyridine rings is 1. The Labute approximate surface area is 219 Å². The van der Waals surface area contributed by atoms with Crippen LogP contribution < -0.4 is 5.73 Å². The van der Waals surface area contributed by atoms with Gasteiger partial charge >= 0.3 is 0 Å². The molecule has 0 bridgehead atoms. The third-order valence-electron chi connectivity index (χ3n) is 7.62. The van der Waals surface area contributed by atoms with E-state index in [2.05, 4.69) is 20.9 Å². The molecule has 0 saturated heterocycles. The van der Waals surface area contributed by atoms with Crippen molar-refractivity contribution < 1.29 is 34.8 Å². The maximum atomic E-state index is 13.9. The number of primary amides is 1. The highest BCUT2D eigenvalue weighted by atomic mass is 79.9. The summed E-state index contributed by atoms with van der Waals surface area (Å²) in [5, 5.41) is 44.5. The lowest BCUT2D eigenvalue weighted by Gasteiger charge is -2.50. The van der Waals surface area contributed by atoms with Gasteiger partial charge in [-0.15, -0.1) is 0 Å². The highest BCUT2D eigenvalue weighted by Gasteiger charge is 2.64. The maximum Gasteiger partial charge on any atom is 0.255 e. The number of halogens is 1. The van der Waals surface area contributed by atoms with Gasteiger partial charge in [-0.05, 0) is 72.0 Å². The molecule has 0 spiro atoms. The number of carbonyl (C=O) groups is 3. The molecule has 11 heteroatoms. The van der Waals surface area contributed by atoms with Crippen molar-refractivity contribution in [1.29, 1.82) is 0 Å². The number of aromatic hydroxyl groups is 1. The van der Waals surface area contributed by atoms with Crippen molar-refractivity contribution in [2.75, 3.05) is 14.1 Å². The Morgan fingerprint density at radius 2 is 1.89 bits per heavy atom. The van der Waals surface area contributed by atoms with E-state index >= 15 is 0 Å². The molecule has 1 heterocycles. The van der Waals surface area contributed by atoms with E-state index in [1.807, 2.05) is 6.07 Å². The summed E-state index contributed by atoms with van der Waals surface area (Å²) < 4.78 is 0.725. The Balaban J connectivity index is 1.75. The first-order valence-electron chi connectivity index (χ1n) is 11.5. The number of hydrogen-bond donors (Lipinski definition) is 5. The zero-order valence-corrected chi connectivity index (χ0v) is 21.5. The molecule has 1 amide bonds. The number of rotatable bonds is 3. The molecule has 1 aromatic carbocycles. The largest absolute Gasteiger partial charge is 0.508 e. The number of aromatic nitrogens is 1. The first kappa shape index (κ1) is 25.1. The van der Waals surface area contributed by atoms with Gasteiger partial charge in [-0.1, -0.05) is 6.07 Å². The van der Waals surface area contributed by atoms with Crippen LogP contribution in [0.15, 0.2) is 52.0 Å². The fraction of sp³-hybridized carbons (Fsp3) is 0.308. The van der Waals surface area contributed by atoms with E-state index in [9.17, 15) is 34.8 Å². The Kier molecular flexibility index (Phi) is 5.78. The fourth-order valence-electron chi connectivity index (χ4n) is 6.07. The van der Waals surface area contributed by atoms with E-state index in [1.165, 1.54) is 11.0 Å². The van der Waals surface area contributed by atoms with E-state index in [0.29, 0.717) is 16.7 Å². The number of nitrogens with two attached hydrogens (primary N) is 1. The molecule has 1 fully saturated rings. The Bertz CT molecular complexity index is 1460. The number of phenols is 1. The Morgan fingerprint density at radius 3 is 2.51 bits per heavy atom. The lowest BCUT2D eigenvalue weighted by molar-refractivity contribution is -0.153.